The van der Waals surface area contributed by atoms with Gasteiger partial charge in [-0.05, 0) is 42.6 Å². The third kappa shape index (κ3) is 2.12. The quantitative estimate of drug-likeness (QED) is 0.646. The summed E-state index contributed by atoms with van der Waals surface area (Å²) in [5.74, 6) is -1.01. The van der Waals surface area contributed by atoms with Gasteiger partial charge in [0.25, 0.3) is 0 Å². The molecule has 0 aliphatic heterocycles. The van der Waals surface area contributed by atoms with Gasteiger partial charge in [0.2, 0.25) is 0 Å². The molecule has 0 unspecified atom stereocenters. The van der Waals surface area contributed by atoms with Crippen LogP contribution in [0.2, 0.25) is 0 Å². The molecule has 3 rings (SSSR count). The fraction of sp³-hybridized carbons (Fsp3) is 0.125. The van der Waals surface area contributed by atoms with Crippen molar-refractivity contribution in [2.75, 3.05) is 0 Å². The summed E-state index contributed by atoms with van der Waals surface area (Å²) in [6.45, 7) is 2.22. The van der Waals surface area contributed by atoms with E-state index < -0.39 is 11.6 Å². The number of nitrogens with zero attached hydrogens (tertiary/aromatic N) is 1. The number of benzene rings is 2. The maximum absolute atomic E-state index is 13.7. The number of halogens is 2. The lowest BCUT2D eigenvalue weighted by atomic mass is 10.1. The second kappa shape index (κ2) is 4.50. The van der Waals surface area contributed by atoms with Gasteiger partial charge in [0.1, 0.15) is 11.6 Å². The number of aromatic nitrogens is 1. The fourth-order valence-corrected chi connectivity index (χ4v) is 2.31. The monoisotopic (exact) mass is 257 g/mol. The van der Waals surface area contributed by atoms with Gasteiger partial charge in [-0.15, -0.1) is 0 Å². The Bertz CT molecular complexity index is 723. The molecule has 0 aliphatic carbocycles. The first-order chi connectivity index (χ1) is 9.15. The van der Waals surface area contributed by atoms with E-state index in [1.165, 1.54) is 23.8 Å². The third-order valence-electron chi connectivity index (χ3n) is 3.32. The minimum atomic E-state index is -0.506. The van der Waals surface area contributed by atoms with Crippen LogP contribution in [0, 0.1) is 18.6 Å². The van der Waals surface area contributed by atoms with E-state index >= 15 is 0 Å². The molecule has 2 aromatic carbocycles. The van der Waals surface area contributed by atoms with Gasteiger partial charge in [-0.3, -0.25) is 0 Å². The molecule has 0 amide bonds. The van der Waals surface area contributed by atoms with Gasteiger partial charge in [0, 0.05) is 17.3 Å². The van der Waals surface area contributed by atoms with Crippen LogP contribution in [0.1, 0.15) is 11.1 Å². The Labute approximate surface area is 110 Å². The number of aryl methyl sites for hydroxylation is 1. The molecule has 3 aromatic rings. The van der Waals surface area contributed by atoms with E-state index in [0.29, 0.717) is 0 Å². The second-order valence-electron chi connectivity index (χ2n) is 4.71. The Balaban J connectivity index is 2.06. The molecule has 1 nitrogen and oxygen atoms in total. The van der Waals surface area contributed by atoms with E-state index in [2.05, 4.69) is 6.07 Å². The lowest BCUT2D eigenvalue weighted by Crippen LogP contribution is -2.03. The topological polar surface area (TPSA) is 4.93 Å². The van der Waals surface area contributed by atoms with Gasteiger partial charge in [-0.2, -0.15) is 0 Å². The van der Waals surface area contributed by atoms with Crippen LogP contribution < -0.4 is 0 Å². The first-order valence-corrected chi connectivity index (χ1v) is 6.13. The van der Waals surface area contributed by atoms with E-state index in [0.717, 1.165) is 10.9 Å². The number of hydrogen-bond donors (Lipinski definition) is 0. The van der Waals surface area contributed by atoms with Gasteiger partial charge in [0.05, 0.1) is 6.54 Å². The van der Waals surface area contributed by atoms with Crippen molar-refractivity contribution in [3.63, 3.8) is 0 Å². The highest BCUT2D eigenvalue weighted by Gasteiger charge is 2.10. The highest BCUT2D eigenvalue weighted by molar-refractivity contribution is 5.80. The molecule has 0 radical (unpaired) electrons. The molecule has 0 bridgehead atoms. The van der Waals surface area contributed by atoms with Crippen molar-refractivity contribution >= 4 is 10.9 Å². The van der Waals surface area contributed by atoms with Crippen molar-refractivity contribution in [2.24, 2.45) is 0 Å². The van der Waals surface area contributed by atoms with Crippen molar-refractivity contribution in [3.05, 3.63) is 71.4 Å². The second-order valence-corrected chi connectivity index (χ2v) is 4.71. The predicted octanol–water partition coefficient (Wildman–Crippen LogP) is 4.28. The molecule has 0 aliphatic rings. The number of fused-ring (bicyclic) bond motifs is 1. The lowest BCUT2D eigenvalue weighted by molar-refractivity contribution is 0.547. The SMILES string of the molecule is Cc1ccc2c(ccn2Cc2c(F)cccc2F)c1. The molecule has 0 saturated heterocycles. The molecule has 19 heavy (non-hydrogen) atoms. The largest absolute Gasteiger partial charge is 0.343 e. The molecule has 0 atom stereocenters. The van der Waals surface area contributed by atoms with Gasteiger partial charge >= 0.3 is 0 Å². The van der Waals surface area contributed by atoms with E-state index in [4.69, 9.17) is 0 Å². The Morgan fingerprint density at radius 1 is 1.00 bits per heavy atom. The van der Waals surface area contributed by atoms with E-state index in [9.17, 15) is 8.78 Å². The lowest BCUT2D eigenvalue weighted by Gasteiger charge is -2.08. The zero-order valence-corrected chi connectivity index (χ0v) is 10.5. The zero-order chi connectivity index (χ0) is 13.4. The van der Waals surface area contributed by atoms with Crippen molar-refractivity contribution < 1.29 is 8.78 Å². The van der Waals surface area contributed by atoms with Crippen LogP contribution in [-0.2, 0) is 6.54 Å². The van der Waals surface area contributed by atoms with Crippen molar-refractivity contribution in [3.8, 4) is 0 Å². The minimum absolute atomic E-state index is 0.0978. The normalized spacial score (nSPS) is 11.1. The molecule has 0 spiro atoms. The Kier molecular flexibility index (Phi) is 2.82. The molecule has 1 aromatic heterocycles. The zero-order valence-electron chi connectivity index (χ0n) is 10.5. The summed E-state index contributed by atoms with van der Waals surface area (Å²) < 4.78 is 29.2. The summed E-state index contributed by atoms with van der Waals surface area (Å²) in [7, 11) is 0. The van der Waals surface area contributed by atoms with Crippen LogP contribution in [0.5, 0.6) is 0 Å². The fourth-order valence-electron chi connectivity index (χ4n) is 2.31. The maximum atomic E-state index is 13.7. The van der Waals surface area contributed by atoms with E-state index in [1.807, 2.05) is 35.9 Å². The Morgan fingerprint density at radius 2 is 1.74 bits per heavy atom. The highest BCUT2D eigenvalue weighted by Crippen LogP contribution is 2.20. The Morgan fingerprint density at radius 3 is 2.47 bits per heavy atom. The van der Waals surface area contributed by atoms with E-state index in [1.54, 1.807) is 0 Å². The molecular formula is C16H13F2N. The highest BCUT2D eigenvalue weighted by atomic mass is 19.1. The van der Waals surface area contributed by atoms with Crippen LogP contribution in [-0.4, -0.2) is 4.57 Å². The van der Waals surface area contributed by atoms with Crippen molar-refractivity contribution in [1.82, 2.24) is 4.57 Å². The van der Waals surface area contributed by atoms with Gasteiger partial charge in [-0.25, -0.2) is 8.78 Å². The average molecular weight is 257 g/mol. The summed E-state index contributed by atoms with van der Waals surface area (Å²) >= 11 is 0. The summed E-state index contributed by atoms with van der Waals surface area (Å²) in [5, 5.41) is 1.08. The first kappa shape index (κ1) is 11.9. The average Bonchev–Trinajstić information content (AvgIpc) is 2.76. The van der Waals surface area contributed by atoms with Crippen molar-refractivity contribution in [1.29, 1.82) is 0 Å². The molecule has 1 heterocycles. The van der Waals surface area contributed by atoms with E-state index in [-0.39, 0.29) is 12.1 Å². The standard InChI is InChI=1S/C16H13F2N/c1-11-5-6-16-12(9-11)7-8-19(16)10-13-14(17)3-2-4-15(13)18/h2-9H,10H2,1H3. The van der Waals surface area contributed by atoms with Crippen LogP contribution in [0.3, 0.4) is 0 Å². The third-order valence-corrected chi connectivity index (χ3v) is 3.32. The van der Waals surface area contributed by atoms with Crippen LogP contribution in [0.25, 0.3) is 10.9 Å². The smallest absolute Gasteiger partial charge is 0.131 e. The maximum Gasteiger partial charge on any atom is 0.131 e. The van der Waals surface area contributed by atoms with Gasteiger partial charge < -0.3 is 4.57 Å². The molecule has 0 N–H and O–H groups in total. The summed E-state index contributed by atoms with van der Waals surface area (Å²) in [6.07, 6.45) is 1.86. The molecule has 0 saturated carbocycles. The molecule has 96 valence electrons. The summed E-state index contributed by atoms with van der Waals surface area (Å²) in [4.78, 5) is 0. The van der Waals surface area contributed by atoms with Gasteiger partial charge in [0.15, 0.2) is 0 Å². The minimum Gasteiger partial charge on any atom is -0.343 e. The number of hydrogen-bond acceptors (Lipinski definition) is 0. The molecular weight excluding hydrogens is 244 g/mol. The number of rotatable bonds is 2. The summed E-state index contributed by atoms with van der Waals surface area (Å²) in [6, 6.07) is 11.9. The molecule has 3 heteroatoms. The molecule has 0 fully saturated rings. The van der Waals surface area contributed by atoms with Gasteiger partial charge in [-0.1, -0.05) is 17.7 Å². The first-order valence-electron chi connectivity index (χ1n) is 6.13. The van der Waals surface area contributed by atoms with Crippen LogP contribution in [0.4, 0.5) is 8.78 Å². The predicted molar refractivity (Wildman–Crippen MR) is 72.1 cm³/mol. The van der Waals surface area contributed by atoms with Crippen LogP contribution in [0.15, 0.2) is 48.7 Å². The summed E-state index contributed by atoms with van der Waals surface area (Å²) in [5.41, 5.74) is 2.25. The van der Waals surface area contributed by atoms with Crippen molar-refractivity contribution in [2.45, 2.75) is 13.5 Å². The van der Waals surface area contributed by atoms with Crippen LogP contribution >= 0.6 is 0 Å². The Hall–Kier alpha value is -2.16.